The SMILES string of the molecule is COc1ccccc1Oc1c(OCCOC(=O)Oc2cccc(CO[N+](=O)[O-])c2)nc(-c2ccnc(-c3nnnn3C(C)OC(=O)OCCCCO[N+](=O)[O-])c2)nc1N(C(C)OC(=O)OCCCCO[N+](=O)[O-])S(=O)(=O)c1ccc(C)cn1. The predicted molar refractivity (Wildman–Crippen MR) is 273 cm³/mol. The summed E-state index contributed by atoms with van der Waals surface area (Å²) in [4.78, 5) is 101. The summed E-state index contributed by atoms with van der Waals surface area (Å²) in [6.07, 6.45) is -3.84. The van der Waals surface area contributed by atoms with Crippen molar-refractivity contribution in [3.63, 3.8) is 0 Å². The van der Waals surface area contributed by atoms with Crippen molar-refractivity contribution in [3.05, 3.63) is 127 Å². The molecule has 0 saturated carbocycles. The first-order valence-corrected chi connectivity index (χ1v) is 25.8. The highest BCUT2D eigenvalue weighted by Crippen LogP contribution is 2.45. The molecule has 0 amide bonds. The lowest BCUT2D eigenvalue weighted by atomic mass is 10.2. The lowest BCUT2D eigenvalue weighted by Crippen LogP contribution is -2.42. The zero-order valence-corrected chi connectivity index (χ0v) is 45.0. The first-order valence-electron chi connectivity index (χ1n) is 24.3. The topological polar surface area (TPSA) is 424 Å². The monoisotopic (exact) mass is 1180 g/mol. The number of aromatic nitrogens is 8. The molecular weight excluding hydrogens is 1130 g/mol. The van der Waals surface area contributed by atoms with E-state index < -0.39 is 98.5 Å². The van der Waals surface area contributed by atoms with Crippen LogP contribution in [0.4, 0.5) is 20.2 Å². The zero-order chi connectivity index (χ0) is 59.9. The lowest BCUT2D eigenvalue weighted by molar-refractivity contribution is -0.763. The van der Waals surface area contributed by atoms with Crippen LogP contribution in [0, 0.1) is 37.3 Å². The molecule has 36 heteroatoms. The molecule has 2 aromatic carbocycles. The van der Waals surface area contributed by atoms with Crippen LogP contribution >= 0.6 is 0 Å². The molecule has 83 heavy (non-hydrogen) atoms. The third-order valence-electron chi connectivity index (χ3n) is 10.6. The zero-order valence-electron chi connectivity index (χ0n) is 44.2. The van der Waals surface area contributed by atoms with E-state index in [9.17, 15) is 44.7 Å². The van der Waals surface area contributed by atoms with E-state index in [0.717, 1.165) is 11.6 Å². The Kier molecular flexibility index (Phi) is 22.4. The summed E-state index contributed by atoms with van der Waals surface area (Å²) in [6, 6.07) is 17.1. The van der Waals surface area contributed by atoms with Gasteiger partial charge in [0.15, 0.2) is 40.6 Å². The second kappa shape index (κ2) is 30.2. The highest BCUT2D eigenvalue weighted by Gasteiger charge is 2.39. The Balaban J connectivity index is 1.43. The molecule has 442 valence electrons. The van der Waals surface area contributed by atoms with Crippen molar-refractivity contribution in [2.24, 2.45) is 0 Å². The maximum absolute atomic E-state index is 15.2. The van der Waals surface area contributed by atoms with Gasteiger partial charge in [0.05, 0.1) is 33.5 Å². The number of sulfonamides is 1. The quantitative estimate of drug-likeness (QED) is 0.00845. The molecule has 0 aliphatic rings. The number of carbonyl (C=O) groups excluding carboxylic acids is 3. The standard InChI is InChI=1S/C47H50N12O23S/c1-30-16-17-39(49-28-30)83(69,70)56(32(3)80-46(61)74-21-8-10-23-77-58(65)66)43-40(82-38-15-6-5-14-37(38)71-4)44(72-24-25-75-47(62)81-35-13-11-12-33(26-35)29-78-59(67)68)51-41(50-43)34-18-19-48-36(27-34)42-52-53-54-55(42)31(2)79-45(60)73-20-7-9-22-76-57(63)64/h5-6,11-19,26-28,31-32H,7-10,20-25,29H2,1-4H3. The van der Waals surface area contributed by atoms with Crippen molar-refractivity contribution in [1.29, 1.82) is 0 Å². The Morgan fingerprint density at radius 3 is 2.05 bits per heavy atom. The minimum atomic E-state index is -5.06. The first-order chi connectivity index (χ1) is 39.8. The van der Waals surface area contributed by atoms with Crippen LogP contribution in [0.5, 0.6) is 28.9 Å². The number of benzene rings is 2. The molecule has 6 aromatic rings. The highest BCUT2D eigenvalue weighted by molar-refractivity contribution is 7.92. The van der Waals surface area contributed by atoms with E-state index in [2.05, 4.69) is 45.0 Å². The number of carbonyl (C=O) groups is 3. The molecule has 0 N–H and O–H groups in total. The molecule has 2 atom stereocenters. The number of hydrogen-bond donors (Lipinski definition) is 0. The summed E-state index contributed by atoms with van der Waals surface area (Å²) >= 11 is 0. The van der Waals surface area contributed by atoms with Crippen LogP contribution in [0.1, 0.15) is 56.9 Å². The van der Waals surface area contributed by atoms with E-state index >= 15 is 8.42 Å². The molecule has 6 rings (SSSR count). The van der Waals surface area contributed by atoms with Gasteiger partial charge in [-0.25, -0.2) is 28.7 Å². The summed E-state index contributed by atoms with van der Waals surface area (Å²) in [7, 11) is -3.74. The summed E-state index contributed by atoms with van der Waals surface area (Å²) < 4.78 is 81.8. The second-order valence-electron chi connectivity index (χ2n) is 16.5. The highest BCUT2D eigenvalue weighted by atomic mass is 32.2. The molecular formula is C47H50N12O23S. The van der Waals surface area contributed by atoms with Crippen molar-refractivity contribution in [1.82, 2.24) is 40.1 Å². The molecule has 0 fully saturated rings. The van der Waals surface area contributed by atoms with E-state index in [4.69, 9.17) is 47.6 Å². The molecule has 0 spiro atoms. The van der Waals surface area contributed by atoms with E-state index in [1.54, 1.807) is 19.1 Å². The summed E-state index contributed by atoms with van der Waals surface area (Å²) in [6.45, 7) is 1.57. The van der Waals surface area contributed by atoms with Crippen LogP contribution in [0.2, 0.25) is 0 Å². The Labute approximate surface area is 468 Å². The Bertz CT molecular complexity index is 3320. The summed E-state index contributed by atoms with van der Waals surface area (Å²) in [5.74, 6) is -2.31. The van der Waals surface area contributed by atoms with Gasteiger partial charge in [0, 0.05) is 18.0 Å². The predicted octanol–water partition coefficient (Wildman–Crippen LogP) is 6.34. The van der Waals surface area contributed by atoms with Crippen LogP contribution in [0.15, 0.2) is 90.2 Å². The Hall–Kier alpha value is -10.5. The smallest absolute Gasteiger partial charge is 0.493 e. The molecule has 35 nitrogen and oxygen atoms in total. The van der Waals surface area contributed by atoms with E-state index in [1.165, 1.54) is 87.1 Å². The van der Waals surface area contributed by atoms with Gasteiger partial charge < -0.3 is 57.1 Å². The van der Waals surface area contributed by atoms with Crippen molar-refractivity contribution in [2.45, 2.75) is 70.5 Å². The number of rotatable bonds is 32. The molecule has 0 saturated heterocycles. The molecule has 0 bridgehead atoms. The van der Waals surface area contributed by atoms with Crippen molar-refractivity contribution < 1.29 is 95.2 Å². The van der Waals surface area contributed by atoms with Gasteiger partial charge in [-0.15, -0.1) is 35.4 Å². The number of nitrogens with zero attached hydrogens (tertiary/aromatic N) is 12. The number of hydrogen-bond acceptors (Lipinski definition) is 30. The van der Waals surface area contributed by atoms with E-state index in [-0.39, 0.29) is 97.8 Å². The first kappa shape index (κ1) is 61.7. The summed E-state index contributed by atoms with van der Waals surface area (Å²) in [5.41, 5.74) is 0.876. The molecule has 2 unspecified atom stereocenters. The number of para-hydroxylation sites is 2. The minimum absolute atomic E-state index is 0.00967. The van der Waals surface area contributed by atoms with Gasteiger partial charge in [-0.2, -0.15) is 18.1 Å². The van der Waals surface area contributed by atoms with Gasteiger partial charge in [-0.3, -0.25) is 4.98 Å². The van der Waals surface area contributed by atoms with Crippen molar-refractivity contribution >= 4 is 34.3 Å². The van der Waals surface area contributed by atoms with Crippen LogP contribution in [-0.4, -0.2) is 135 Å². The number of tetrazole rings is 1. The van der Waals surface area contributed by atoms with Gasteiger partial charge in [-0.1, -0.05) is 30.3 Å². The lowest BCUT2D eigenvalue weighted by Gasteiger charge is -2.30. The Morgan fingerprint density at radius 2 is 1.39 bits per heavy atom. The number of methoxy groups -OCH3 is 1. The Morgan fingerprint density at radius 1 is 0.723 bits per heavy atom. The maximum Gasteiger partial charge on any atom is 0.513 e. The van der Waals surface area contributed by atoms with Crippen LogP contribution in [0.3, 0.4) is 0 Å². The number of pyridine rings is 2. The van der Waals surface area contributed by atoms with Gasteiger partial charge in [0.25, 0.3) is 31.2 Å². The fraction of sp³-hybridized carbons (Fsp3) is 0.362. The fourth-order valence-corrected chi connectivity index (χ4v) is 8.26. The van der Waals surface area contributed by atoms with Gasteiger partial charge in [-0.05, 0) is 110 Å². The number of ether oxygens (including phenoxy) is 9. The number of unbranched alkanes of at least 4 members (excludes halogenated alkanes) is 2. The van der Waals surface area contributed by atoms with E-state index in [0.29, 0.717) is 9.87 Å². The van der Waals surface area contributed by atoms with Gasteiger partial charge in [0.2, 0.25) is 11.6 Å². The van der Waals surface area contributed by atoms with Crippen LogP contribution in [-0.2, 0) is 54.8 Å². The molecule has 4 heterocycles. The van der Waals surface area contributed by atoms with Crippen molar-refractivity contribution in [3.8, 4) is 51.8 Å². The number of aryl methyl sites for hydroxylation is 1. The molecule has 0 aliphatic heterocycles. The molecule has 0 radical (unpaired) electrons. The van der Waals surface area contributed by atoms with Crippen LogP contribution < -0.4 is 23.3 Å². The average Bonchev–Trinajstić information content (AvgIpc) is 4.10. The minimum Gasteiger partial charge on any atom is -0.493 e. The normalized spacial score (nSPS) is 11.6. The van der Waals surface area contributed by atoms with Gasteiger partial charge in [0.1, 0.15) is 31.3 Å². The van der Waals surface area contributed by atoms with Gasteiger partial charge >= 0.3 is 18.5 Å². The van der Waals surface area contributed by atoms with Crippen molar-refractivity contribution in [2.75, 3.05) is 51.1 Å². The summed E-state index contributed by atoms with van der Waals surface area (Å²) in [5, 5.41) is 39.9. The largest absolute Gasteiger partial charge is 0.513 e. The number of anilines is 1. The molecule has 0 aliphatic carbocycles. The fourth-order valence-electron chi connectivity index (χ4n) is 6.84. The third-order valence-corrected chi connectivity index (χ3v) is 12.3. The van der Waals surface area contributed by atoms with E-state index in [1.807, 2.05) is 0 Å². The second-order valence-corrected chi connectivity index (χ2v) is 18.2. The average molecular weight is 1180 g/mol. The third kappa shape index (κ3) is 18.5. The van der Waals surface area contributed by atoms with Crippen LogP contribution in [0.25, 0.3) is 22.9 Å². The molecule has 4 aromatic heterocycles. The maximum atomic E-state index is 15.2.